The maximum Gasteiger partial charge on any atom is 0.227 e. The number of halogens is 1. The Kier molecular flexibility index (Phi) is 6.07. The zero-order valence-electron chi connectivity index (χ0n) is 13.1. The lowest BCUT2D eigenvalue weighted by atomic mass is 10.0. The van der Waals surface area contributed by atoms with Crippen LogP contribution in [0.5, 0.6) is 0 Å². The molecule has 0 N–H and O–H groups in total. The van der Waals surface area contributed by atoms with E-state index in [0.29, 0.717) is 12.3 Å². The number of benzene rings is 1. The summed E-state index contributed by atoms with van der Waals surface area (Å²) in [6, 6.07) is 6.33. The summed E-state index contributed by atoms with van der Waals surface area (Å²) in [6.07, 6.45) is 1.55. The van der Waals surface area contributed by atoms with E-state index >= 15 is 0 Å². The van der Waals surface area contributed by atoms with E-state index in [0.717, 1.165) is 44.7 Å². The number of alkyl halides is 1. The van der Waals surface area contributed by atoms with Crippen molar-refractivity contribution < 1.29 is 4.79 Å². The van der Waals surface area contributed by atoms with Crippen LogP contribution in [0.1, 0.15) is 23.1 Å². The Morgan fingerprint density at radius 3 is 2.76 bits per heavy atom. The Morgan fingerprint density at radius 2 is 2.00 bits per heavy atom. The van der Waals surface area contributed by atoms with Gasteiger partial charge in [0.1, 0.15) is 0 Å². The standard InChI is InChI=1S/C17H25ClN2O/c1-14-4-5-15(2)16(12-14)13-17(21)20-8-3-7-19(9-6-18)10-11-20/h4-5,12H,3,6-11,13H2,1-2H3. The summed E-state index contributed by atoms with van der Waals surface area (Å²) in [4.78, 5) is 16.9. The zero-order chi connectivity index (χ0) is 15.2. The van der Waals surface area contributed by atoms with Gasteiger partial charge in [-0.05, 0) is 37.9 Å². The molecule has 1 aliphatic heterocycles. The quantitative estimate of drug-likeness (QED) is 0.798. The first-order chi connectivity index (χ1) is 10.1. The van der Waals surface area contributed by atoms with Gasteiger partial charge in [-0.3, -0.25) is 4.79 Å². The minimum Gasteiger partial charge on any atom is -0.341 e. The Bertz CT molecular complexity index is 490. The number of amides is 1. The maximum absolute atomic E-state index is 12.5. The Hall–Kier alpha value is -1.06. The first kappa shape index (κ1) is 16.3. The molecular formula is C17H25ClN2O. The van der Waals surface area contributed by atoms with Gasteiger partial charge in [0, 0.05) is 32.1 Å². The highest BCUT2D eigenvalue weighted by atomic mass is 35.5. The number of hydrogen-bond donors (Lipinski definition) is 0. The van der Waals surface area contributed by atoms with E-state index < -0.39 is 0 Å². The normalized spacial score (nSPS) is 16.8. The highest BCUT2D eigenvalue weighted by molar-refractivity contribution is 6.18. The van der Waals surface area contributed by atoms with Crippen molar-refractivity contribution in [3.05, 3.63) is 34.9 Å². The highest BCUT2D eigenvalue weighted by Crippen LogP contribution is 2.13. The molecule has 21 heavy (non-hydrogen) atoms. The second-order valence-electron chi connectivity index (χ2n) is 5.87. The first-order valence-electron chi connectivity index (χ1n) is 7.72. The average molecular weight is 309 g/mol. The van der Waals surface area contributed by atoms with Gasteiger partial charge in [-0.2, -0.15) is 0 Å². The Balaban J connectivity index is 1.95. The lowest BCUT2D eigenvalue weighted by Gasteiger charge is -2.22. The predicted octanol–water partition coefficient (Wildman–Crippen LogP) is 2.62. The molecule has 1 amide bonds. The summed E-state index contributed by atoms with van der Waals surface area (Å²) in [5.74, 6) is 0.910. The predicted molar refractivity (Wildman–Crippen MR) is 88.0 cm³/mol. The van der Waals surface area contributed by atoms with E-state index in [1.807, 2.05) is 4.90 Å². The van der Waals surface area contributed by atoms with Gasteiger partial charge >= 0.3 is 0 Å². The summed E-state index contributed by atoms with van der Waals surface area (Å²) in [5, 5.41) is 0. The van der Waals surface area contributed by atoms with Crippen LogP contribution < -0.4 is 0 Å². The SMILES string of the molecule is Cc1ccc(C)c(CC(=O)N2CCCN(CCCl)CC2)c1. The third-order valence-corrected chi connectivity index (χ3v) is 4.36. The fraction of sp³-hybridized carbons (Fsp3) is 0.588. The molecule has 1 aromatic carbocycles. The monoisotopic (exact) mass is 308 g/mol. The molecule has 1 aliphatic rings. The van der Waals surface area contributed by atoms with Crippen LogP contribution in [0.2, 0.25) is 0 Å². The summed E-state index contributed by atoms with van der Waals surface area (Å²) in [5.41, 5.74) is 3.57. The van der Waals surface area contributed by atoms with Crippen molar-refractivity contribution in [3.8, 4) is 0 Å². The van der Waals surface area contributed by atoms with Crippen LogP contribution in [-0.4, -0.2) is 54.3 Å². The molecular weight excluding hydrogens is 284 g/mol. The molecule has 1 aromatic rings. The van der Waals surface area contributed by atoms with Crippen molar-refractivity contribution in [2.24, 2.45) is 0 Å². The highest BCUT2D eigenvalue weighted by Gasteiger charge is 2.19. The van der Waals surface area contributed by atoms with Crippen molar-refractivity contribution in [1.82, 2.24) is 9.80 Å². The first-order valence-corrected chi connectivity index (χ1v) is 8.26. The molecule has 2 rings (SSSR count). The van der Waals surface area contributed by atoms with Crippen LogP contribution in [0.25, 0.3) is 0 Å². The van der Waals surface area contributed by atoms with Gasteiger partial charge in [-0.15, -0.1) is 11.6 Å². The van der Waals surface area contributed by atoms with Crippen molar-refractivity contribution in [2.45, 2.75) is 26.7 Å². The summed E-state index contributed by atoms with van der Waals surface area (Å²) in [7, 11) is 0. The second kappa shape index (κ2) is 7.81. The fourth-order valence-electron chi connectivity index (χ4n) is 2.83. The zero-order valence-corrected chi connectivity index (χ0v) is 13.8. The summed E-state index contributed by atoms with van der Waals surface area (Å²) < 4.78 is 0. The molecule has 0 aromatic heterocycles. The maximum atomic E-state index is 12.5. The van der Waals surface area contributed by atoms with Crippen LogP contribution in [0.3, 0.4) is 0 Å². The van der Waals surface area contributed by atoms with Crippen LogP contribution >= 0.6 is 11.6 Å². The lowest BCUT2D eigenvalue weighted by molar-refractivity contribution is -0.130. The van der Waals surface area contributed by atoms with Gasteiger partial charge in [-0.25, -0.2) is 0 Å². The molecule has 0 spiro atoms. The van der Waals surface area contributed by atoms with Gasteiger partial charge in [0.25, 0.3) is 0 Å². The van der Waals surface area contributed by atoms with Gasteiger partial charge in [-0.1, -0.05) is 23.8 Å². The van der Waals surface area contributed by atoms with E-state index in [9.17, 15) is 4.79 Å². The van der Waals surface area contributed by atoms with Crippen molar-refractivity contribution in [3.63, 3.8) is 0 Å². The number of hydrogen-bond acceptors (Lipinski definition) is 2. The van der Waals surface area contributed by atoms with E-state index in [1.165, 1.54) is 11.1 Å². The minimum absolute atomic E-state index is 0.247. The van der Waals surface area contributed by atoms with Crippen LogP contribution in [0, 0.1) is 13.8 Å². The van der Waals surface area contributed by atoms with Gasteiger partial charge < -0.3 is 9.80 Å². The molecule has 0 radical (unpaired) electrons. The Labute approximate surface area is 132 Å². The number of carbonyl (C=O) groups is 1. The molecule has 4 heteroatoms. The topological polar surface area (TPSA) is 23.6 Å². The lowest BCUT2D eigenvalue weighted by Crippen LogP contribution is -2.36. The van der Waals surface area contributed by atoms with Crippen LogP contribution in [-0.2, 0) is 11.2 Å². The van der Waals surface area contributed by atoms with Crippen molar-refractivity contribution in [2.75, 3.05) is 38.6 Å². The largest absolute Gasteiger partial charge is 0.341 e. The third kappa shape index (κ3) is 4.72. The summed E-state index contributed by atoms with van der Waals surface area (Å²) >= 11 is 5.80. The molecule has 0 saturated carbocycles. The van der Waals surface area contributed by atoms with Crippen LogP contribution in [0.4, 0.5) is 0 Å². The van der Waals surface area contributed by atoms with E-state index in [-0.39, 0.29) is 5.91 Å². The van der Waals surface area contributed by atoms with Gasteiger partial charge in [0.15, 0.2) is 0 Å². The summed E-state index contributed by atoms with van der Waals surface area (Å²) in [6.45, 7) is 8.73. The number of nitrogens with zero attached hydrogens (tertiary/aromatic N) is 2. The van der Waals surface area contributed by atoms with Gasteiger partial charge in [0.2, 0.25) is 5.91 Å². The smallest absolute Gasteiger partial charge is 0.227 e. The van der Waals surface area contributed by atoms with Crippen LogP contribution in [0.15, 0.2) is 18.2 Å². The Morgan fingerprint density at radius 1 is 1.19 bits per heavy atom. The average Bonchev–Trinajstić information content (AvgIpc) is 2.69. The molecule has 116 valence electrons. The molecule has 1 fully saturated rings. The molecule has 0 bridgehead atoms. The molecule has 0 unspecified atom stereocenters. The van der Waals surface area contributed by atoms with Crippen molar-refractivity contribution in [1.29, 1.82) is 0 Å². The minimum atomic E-state index is 0.247. The molecule has 0 aliphatic carbocycles. The molecule has 1 saturated heterocycles. The molecule has 0 atom stereocenters. The van der Waals surface area contributed by atoms with E-state index in [1.54, 1.807) is 0 Å². The molecule has 3 nitrogen and oxygen atoms in total. The second-order valence-corrected chi connectivity index (χ2v) is 6.25. The number of carbonyl (C=O) groups excluding carboxylic acids is 1. The number of aryl methyl sites for hydroxylation is 2. The fourth-order valence-corrected chi connectivity index (χ4v) is 3.07. The van der Waals surface area contributed by atoms with Gasteiger partial charge in [0.05, 0.1) is 6.42 Å². The van der Waals surface area contributed by atoms with Crippen molar-refractivity contribution >= 4 is 17.5 Å². The molecule has 1 heterocycles. The van der Waals surface area contributed by atoms with E-state index in [2.05, 4.69) is 36.9 Å². The number of rotatable bonds is 4. The third-order valence-electron chi connectivity index (χ3n) is 4.19. The van der Waals surface area contributed by atoms with E-state index in [4.69, 9.17) is 11.6 Å².